The Bertz CT molecular complexity index is 887. The Hall–Kier alpha value is -2.32. The summed E-state index contributed by atoms with van der Waals surface area (Å²) in [6.45, 7) is 2.21. The lowest BCUT2D eigenvalue weighted by atomic mass is 10.3. The average Bonchev–Trinajstić information content (AvgIpc) is 3.32. The van der Waals surface area contributed by atoms with Crippen LogP contribution in [0.2, 0.25) is 0 Å². The largest absolute Gasteiger partial charge is 0.373 e. The Morgan fingerprint density at radius 3 is 2.52 bits per heavy atom. The number of nitrogens with one attached hydrogen (secondary N) is 1. The van der Waals surface area contributed by atoms with Crippen molar-refractivity contribution in [2.75, 3.05) is 38.1 Å². The van der Waals surface area contributed by atoms with Gasteiger partial charge in [0.2, 0.25) is 10.0 Å². The average molecular weight is 391 g/mol. The smallest absolute Gasteiger partial charge is 0.268 e. The van der Waals surface area contributed by atoms with Crippen molar-refractivity contribution in [3.8, 4) is 0 Å². The van der Waals surface area contributed by atoms with Crippen molar-refractivity contribution in [1.29, 1.82) is 0 Å². The number of nitrogens with zero attached hydrogens (tertiary/aromatic N) is 3. The van der Waals surface area contributed by atoms with Crippen molar-refractivity contribution in [2.24, 2.45) is 7.05 Å². The quantitative estimate of drug-likeness (QED) is 0.781. The molecule has 7 nitrogen and oxygen atoms in total. The van der Waals surface area contributed by atoms with Gasteiger partial charge in [-0.1, -0.05) is 18.2 Å². The molecule has 0 spiro atoms. The van der Waals surface area contributed by atoms with Crippen LogP contribution in [0.1, 0.15) is 23.3 Å². The maximum Gasteiger partial charge on any atom is 0.268 e. The number of rotatable bonds is 7. The fraction of sp³-hybridized carbons (Fsp3) is 0.421. The highest BCUT2D eigenvalue weighted by molar-refractivity contribution is 7.89. The van der Waals surface area contributed by atoms with Gasteiger partial charge in [0.15, 0.2) is 0 Å². The molecule has 1 aromatic carbocycles. The van der Waals surface area contributed by atoms with Crippen LogP contribution in [0.5, 0.6) is 0 Å². The molecule has 1 aliphatic heterocycles. The lowest BCUT2D eigenvalue weighted by Gasteiger charge is -2.19. The van der Waals surface area contributed by atoms with Gasteiger partial charge < -0.3 is 14.8 Å². The number of carbonyl (C=O) groups is 1. The number of likely N-dealkylation sites (N-methyl/N-ethyl adjacent to an activating group) is 1. The van der Waals surface area contributed by atoms with Crippen molar-refractivity contribution >= 4 is 21.6 Å². The normalized spacial score (nSPS) is 15.0. The highest BCUT2D eigenvalue weighted by atomic mass is 32.2. The number of aryl methyl sites for hydroxylation is 1. The van der Waals surface area contributed by atoms with E-state index in [9.17, 15) is 13.2 Å². The molecule has 146 valence electrons. The molecule has 1 saturated heterocycles. The summed E-state index contributed by atoms with van der Waals surface area (Å²) in [5.41, 5.74) is 1.42. The first kappa shape index (κ1) is 19.4. The molecule has 1 amide bonds. The number of benzene rings is 1. The number of hydrogen-bond donors (Lipinski definition) is 1. The lowest BCUT2D eigenvalue weighted by Crippen LogP contribution is -2.33. The Morgan fingerprint density at radius 2 is 1.85 bits per heavy atom. The van der Waals surface area contributed by atoms with Gasteiger partial charge in [-0.2, -0.15) is 4.31 Å². The number of amides is 1. The van der Waals surface area contributed by atoms with E-state index in [0.717, 1.165) is 18.5 Å². The highest BCUT2D eigenvalue weighted by Crippen LogP contribution is 2.22. The van der Waals surface area contributed by atoms with Crippen LogP contribution < -0.4 is 10.2 Å². The topological polar surface area (TPSA) is 74.7 Å². The molecule has 0 radical (unpaired) electrons. The van der Waals surface area contributed by atoms with E-state index in [4.69, 9.17) is 0 Å². The zero-order valence-electron chi connectivity index (χ0n) is 15.8. The van der Waals surface area contributed by atoms with Crippen LogP contribution in [0, 0.1) is 0 Å². The summed E-state index contributed by atoms with van der Waals surface area (Å²) in [6, 6.07) is 11.4. The zero-order chi connectivity index (χ0) is 19.4. The van der Waals surface area contributed by atoms with Crippen LogP contribution in [0.4, 0.5) is 5.69 Å². The zero-order valence-corrected chi connectivity index (χ0v) is 16.6. The molecule has 1 aromatic heterocycles. The van der Waals surface area contributed by atoms with E-state index < -0.39 is 10.0 Å². The summed E-state index contributed by atoms with van der Waals surface area (Å²) in [6.07, 6.45) is 3.28. The maximum atomic E-state index is 12.7. The van der Waals surface area contributed by atoms with Crippen LogP contribution in [0.25, 0.3) is 0 Å². The maximum absolute atomic E-state index is 12.7. The van der Waals surface area contributed by atoms with Crippen molar-refractivity contribution in [3.05, 3.63) is 48.3 Å². The molecule has 1 aliphatic rings. The van der Waals surface area contributed by atoms with Gasteiger partial charge >= 0.3 is 0 Å². The summed E-state index contributed by atoms with van der Waals surface area (Å²) in [7, 11) is 0.132. The molecule has 1 fully saturated rings. The minimum absolute atomic E-state index is 0.179. The predicted octanol–water partition coefficient (Wildman–Crippen LogP) is 1.68. The van der Waals surface area contributed by atoms with Gasteiger partial charge in [-0.15, -0.1) is 0 Å². The van der Waals surface area contributed by atoms with E-state index >= 15 is 0 Å². The number of aromatic nitrogens is 1. The van der Waals surface area contributed by atoms with Gasteiger partial charge in [0.05, 0.1) is 0 Å². The van der Waals surface area contributed by atoms with Gasteiger partial charge in [0, 0.05) is 52.2 Å². The van der Waals surface area contributed by atoms with E-state index in [1.165, 1.54) is 16.6 Å². The summed E-state index contributed by atoms with van der Waals surface area (Å²) in [5.74, 6) is -0.276. The van der Waals surface area contributed by atoms with E-state index in [0.29, 0.717) is 31.9 Å². The van der Waals surface area contributed by atoms with Crippen molar-refractivity contribution in [1.82, 2.24) is 14.2 Å². The number of anilines is 1. The summed E-state index contributed by atoms with van der Waals surface area (Å²) < 4.78 is 28.4. The summed E-state index contributed by atoms with van der Waals surface area (Å²) in [5, 5.41) is 2.86. The third kappa shape index (κ3) is 4.33. The molecule has 0 saturated carbocycles. The first-order chi connectivity index (χ1) is 12.9. The van der Waals surface area contributed by atoms with Crippen molar-refractivity contribution < 1.29 is 13.2 Å². The molecule has 0 aliphatic carbocycles. The third-order valence-electron chi connectivity index (χ3n) is 4.85. The van der Waals surface area contributed by atoms with Gasteiger partial charge in [0.1, 0.15) is 10.6 Å². The Labute approximate surface area is 160 Å². The van der Waals surface area contributed by atoms with Crippen molar-refractivity contribution in [2.45, 2.75) is 17.7 Å². The monoisotopic (exact) mass is 390 g/mol. The Kier molecular flexibility index (Phi) is 5.86. The highest BCUT2D eigenvalue weighted by Gasteiger charge is 2.29. The number of carbonyl (C=O) groups excluding carboxylic acids is 1. The second kappa shape index (κ2) is 8.14. The second-order valence-corrected chi connectivity index (χ2v) is 8.73. The Morgan fingerprint density at radius 1 is 1.19 bits per heavy atom. The van der Waals surface area contributed by atoms with Gasteiger partial charge in [-0.25, -0.2) is 8.42 Å². The minimum Gasteiger partial charge on any atom is -0.373 e. The number of sulfonamides is 1. The first-order valence-electron chi connectivity index (χ1n) is 9.10. The molecule has 0 unspecified atom stereocenters. The van der Waals surface area contributed by atoms with Gasteiger partial charge in [-0.05, 0) is 31.0 Å². The van der Waals surface area contributed by atoms with Crippen LogP contribution in [0.3, 0.4) is 0 Å². The standard InChI is InChI=1S/C19H26N4O3S/c1-21(16-8-4-3-5-9-16)13-10-20-19(24)18-14-17(15-22(18)2)27(25,26)23-11-6-7-12-23/h3-5,8-9,14-15H,6-7,10-13H2,1-2H3,(H,20,24). The summed E-state index contributed by atoms with van der Waals surface area (Å²) >= 11 is 0. The molecule has 0 atom stereocenters. The molecule has 27 heavy (non-hydrogen) atoms. The molecular weight excluding hydrogens is 364 g/mol. The summed E-state index contributed by atoms with van der Waals surface area (Å²) in [4.78, 5) is 14.7. The molecule has 8 heteroatoms. The van der Waals surface area contributed by atoms with Crippen LogP contribution >= 0.6 is 0 Å². The lowest BCUT2D eigenvalue weighted by molar-refractivity contribution is 0.0946. The second-order valence-electron chi connectivity index (χ2n) is 6.80. The number of para-hydroxylation sites is 1. The van der Waals surface area contributed by atoms with E-state index in [1.807, 2.05) is 37.4 Å². The fourth-order valence-electron chi connectivity index (χ4n) is 3.22. The van der Waals surface area contributed by atoms with Crippen molar-refractivity contribution in [3.63, 3.8) is 0 Å². The predicted molar refractivity (Wildman–Crippen MR) is 105 cm³/mol. The van der Waals surface area contributed by atoms with Crippen LogP contribution in [-0.2, 0) is 17.1 Å². The van der Waals surface area contributed by atoms with E-state index in [2.05, 4.69) is 10.2 Å². The van der Waals surface area contributed by atoms with Gasteiger partial charge in [0.25, 0.3) is 5.91 Å². The van der Waals surface area contributed by atoms with E-state index in [-0.39, 0.29) is 10.8 Å². The molecule has 0 bridgehead atoms. The van der Waals surface area contributed by atoms with Crippen LogP contribution in [-0.4, -0.2) is 56.4 Å². The number of hydrogen-bond acceptors (Lipinski definition) is 4. The molecule has 2 aromatic rings. The molecule has 3 rings (SSSR count). The van der Waals surface area contributed by atoms with Crippen LogP contribution in [0.15, 0.2) is 47.5 Å². The third-order valence-corrected chi connectivity index (χ3v) is 6.71. The fourth-order valence-corrected chi connectivity index (χ4v) is 4.81. The van der Waals surface area contributed by atoms with E-state index in [1.54, 1.807) is 11.6 Å². The molecule has 1 N–H and O–H groups in total. The van der Waals surface area contributed by atoms with Gasteiger partial charge in [-0.3, -0.25) is 4.79 Å². The first-order valence-corrected chi connectivity index (χ1v) is 10.5. The molecular formula is C19H26N4O3S. The minimum atomic E-state index is -3.52. The molecule has 2 heterocycles. The Balaban J connectivity index is 1.61. The SMILES string of the molecule is CN(CCNC(=O)c1cc(S(=O)(=O)N2CCCC2)cn1C)c1ccccc1.